The molecule has 1 rings (SSSR count). The molecule has 0 heterocycles. The largest absolute Gasteiger partial charge is 0.550 e. The summed E-state index contributed by atoms with van der Waals surface area (Å²) in [4.78, 5) is 10.2. The Morgan fingerprint density at radius 2 is 2.27 bits per heavy atom. The van der Waals surface area contributed by atoms with E-state index in [-0.39, 0.29) is 6.42 Å². The van der Waals surface area contributed by atoms with Gasteiger partial charge in [0.15, 0.2) is 0 Å². The van der Waals surface area contributed by atoms with Crippen molar-refractivity contribution in [3.8, 4) is 0 Å². The highest BCUT2D eigenvalue weighted by molar-refractivity contribution is 5.64. The van der Waals surface area contributed by atoms with E-state index in [9.17, 15) is 9.90 Å². The molecule has 1 aromatic carbocycles. The predicted molar refractivity (Wildman–Crippen MR) is 58.3 cm³/mol. The van der Waals surface area contributed by atoms with Gasteiger partial charge in [-0.1, -0.05) is 0 Å². The summed E-state index contributed by atoms with van der Waals surface area (Å²) >= 11 is 0. The summed E-state index contributed by atoms with van der Waals surface area (Å²) in [6, 6.07) is 5.64. The molecule has 0 bridgehead atoms. The molecule has 0 aliphatic heterocycles. The lowest BCUT2D eigenvalue weighted by atomic mass is 10.2. The number of carbonyl (C=O) groups excluding carboxylic acids is 1. The van der Waals surface area contributed by atoms with Gasteiger partial charge in [-0.15, -0.1) is 0 Å². The summed E-state index contributed by atoms with van der Waals surface area (Å²) in [5.74, 6) is -1.01. The zero-order valence-electron chi connectivity index (χ0n) is 8.75. The maximum absolute atomic E-state index is 10.2. The van der Waals surface area contributed by atoms with Crippen molar-refractivity contribution < 1.29 is 9.90 Å². The maximum Gasteiger partial charge on any atom is 0.0415 e. The van der Waals surface area contributed by atoms with Crippen LogP contribution in [0.4, 0.5) is 11.4 Å². The topological polar surface area (TPSA) is 78.2 Å². The molecule has 0 spiro atoms. The van der Waals surface area contributed by atoms with Crippen LogP contribution in [0.1, 0.15) is 18.4 Å². The van der Waals surface area contributed by atoms with Crippen LogP contribution in [0.3, 0.4) is 0 Å². The number of nitrogens with two attached hydrogens (primary N) is 1. The number of carbonyl (C=O) groups is 1. The minimum absolute atomic E-state index is 0.0843. The Bertz CT molecular complexity index is 350. The van der Waals surface area contributed by atoms with Crippen molar-refractivity contribution in [3.63, 3.8) is 0 Å². The van der Waals surface area contributed by atoms with Crippen LogP contribution in [0, 0.1) is 6.92 Å². The second-order valence-corrected chi connectivity index (χ2v) is 3.47. The molecule has 0 radical (unpaired) electrons. The van der Waals surface area contributed by atoms with Crippen LogP contribution in [0.15, 0.2) is 18.2 Å². The molecule has 0 saturated heterocycles. The molecule has 0 fully saturated rings. The monoisotopic (exact) mass is 207 g/mol. The third kappa shape index (κ3) is 3.89. The van der Waals surface area contributed by atoms with E-state index in [1.54, 1.807) is 0 Å². The van der Waals surface area contributed by atoms with Gasteiger partial charge in [0, 0.05) is 23.9 Å². The third-order valence-corrected chi connectivity index (χ3v) is 2.16. The average Bonchev–Trinajstić information content (AvgIpc) is 2.18. The van der Waals surface area contributed by atoms with Gasteiger partial charge in [-0.3, -0.25) is 0 Å². The van der Waals surface area contributed by atoms with E-state index in [4.69, 9.17) is 5.73 Å². The van der Waals surface area contributed by atoms with E-state index in [0.717, 1.165) is 16.9 Å². The molecule has 1 aromatic rings. The summed E-state index contributed by atoms with van der Waals surface area (Å²) < 4.78 is 0. The number of aliphatic carboxylic acids is 1. The Morgan fingerprint density at radius 3 is 2.87 bits per heavy atom. The molecule has 0 saturated carbocycles. The molecule has 0 aromatic heterocycles. The number of nitrogen functional groups attached to an aromatic ring is 1. The number of aryl methyl sites for hydroxylation is 1. The molecule has 0 amide bonds. The maximum atomic E-state index is 10.2. The number of nitrogens with one attached hydrogen (secondary N) is 1. The first-order chi connectivity index (χ1) is 7.09. The fraction of sp³-hybridized carbons (Fsp3) is 0.364. The second kappa shape index (κ2) is 5.24. The van der Waals surface area contributed by atoms with Crippen LogP contribution in [-0.4, -0.2) is 12.5 Å². The molecule has 4 heteroatoms. The number of anilines is 2. The Balaban J connectivity index is 2.38. The number of benzene rings is 1. The fourth-order valence-electron chi connectivity index (χ4n) is 1.25. The van der Waals surface area contributed by atoms with E-state index in [2.05, 4.69) is 5.32 Å². The zero-order valence-corrected chi connectivity index (χ0v) is 8.75. The number of hydrogen-bond acceptors (Lipinski definition) is 4. The van der Waals surface area contributed by atoms with Gasteiger partial charge in [0.1, 0.15) is 0 Å². The lowest BCUT2D eigenvalue weighted by Crippen LogP contribution is -2.22. The Labute approximate surface area is 89.1 Å². The lowest BCUT2D eigenvalue weighted by molar-refractivity contribution is -0.305. The first-order valence-corrected chi connectivity index (χ1v) is 4.89. The van der Waals surface area contributed by atoms with Crippen LogP contribution in [0.2, 0.25) is 0 Å². The normalized spacial score (nSPS) is 9.93. The highest BCUT2D eigenvalue weighted by Crippen LogP contribution is 2.16. The second-order valence-electron chi connectivity index (χ2n) is 3.47. The van der Waals surface area contributed by atoms with Gasteiger partial charge in [-0.25, -0.2) is 0 Å². The molecule has 0 atom stereocenters. The minimum atomic E-state index is -1.01. The van der Waals surface area contributed by atoms with Gasteiger partial charge in [-0.05, 0) is 43.5 Å². The van der Waals surface area contributed by atoms with Crippen LogP contribution in [0.25, 0.3) is 0 Å². The highest BCUT2D eigenvalue weighted by atomic mass is 16.4. The van der Waals surface area contributed by atoms with E-state index in [0.29, 0.717) is 13.0 Å². The molecule has 82 valence electrons. The Morgan fingerprint density at radius 1 is 1.53 bits per heavy atom. The average molecular weight is 207 g/mol. The molecule has 4 nitrogen and oxygen atoms in total. The van der Waals surface area contributed by atoms with Gasteiger partial charge < -0.3 is 21.0 Å². The summed E-state index contributed by atoms with van der Waals surface area (Å²) in [6.45, 7) is 2.55. The summed E-state index contributed by atoms with van der Waals surface area (Å²) in [7, 11) is 0. The van der Waals surface area contributed by atoms with Crippen molar-refractivity contribution in [2.75, 3.05) is 17.6 Å². The molecular formula is C11H15N2O2-. The standard InChI is InChI=1S/C11H16N2O2/c1-8-7-9(4-5-10(8)12)13-6-2-3-11(14)15/h4-5,7,13H,2-3,6,12H2,1H3,(H,14,15)/p-1. The van der Waals surface area contributed by atoms with Gasteiger partial charge in [0.25, 0.3) is 0 Å². The lowest BCUT2D eigenvalue weighted by Gasteiger charge is -2.08. The number of carboxylic acids is 1. The van der Waals surface area contributed by atoms with Crippen LogP contribution in [-0.2, 0) is 4.79 Å². The van der Waals surface area contributed by atoms with Crippen molar-refractivity contribution in [1.82, 2.24) is 0 Å². The molecule has 0 aliphatic carbocycles. The van der Waals surface area contributed by atoms with Gasteiger partial charge in [-0.2, -0.15) is 0 Å². The van der Waals surface area contributed by atoms with Crippen LogP contribution in [0.5, 0.6) is 0 Å². The molecule has 3 N–H and O–H groups in total. The SMILES string of the molecule is Cc1cc(NCCCC(=O)[O-])ccc1N. The van der Waals surface area contributed by atoms with Gasteiger partial charge in [0.05, 0.1) is 0 Å². The van der Waals surface area contributed by atoms with E-state index >= 15 is 0 Å². The summed E-state index contributed by atoms with van der Waals surface area (Å²) in [5.41, 5.74) is 8.40. The van der Waals surface area contributed by atoms with Crippen LogP contribution >= 0.6 is 0 Å². The zero-order chi connectivity index (χ0) is 11.3. The summed E-state index contributed by atoms with van der Waals surface area (Å²) in [6.07, 6.45) is 0.646. The van der Waals surface area contributed by atoms with Gasteiger partial charge in [0.2, 0.25) is 0 Å². The smallest absolute Gasteiger partial charge is 0.0415 e. The van der Waals surface area contributed by atoms with Crippen molar-refractivity contribution in [3.05, 3.63) is 23.8 Å². The van der Waals surface area contributed by atoms with Crippen LogP contribution < -0.4 is 16.2 Å². The van der Waals surface area contributed by atoms with Gasteiger partial charge >= 0.3 is 0 Å². The number of carboxylic acid groups (broad SMARTS) is 1. The number of hydrogen-bond donors (Lipinski definition) is 2. The number of rotatable bonds is 5. The third-order valence-electron chi connectivity index (χ3n) is 2.16. The van der Waals surface area contributed by atoms with Crippen molar-refractivity contribution in [2.24, 2.45) is 0 Å². The fourth-order valence-corrected chi connectivity index (χ4v) is 1.25. The predicted octanol–water partition coefficient (Wildman–Crippen LogP) is 0.519. The quantitative estimate of drug-likeness (QED) is 0.545. The molecule has 15 heavy (non-hydrogen) atoms. The first kappa shape index (κ1) is 11.4. The van der Waals surface area contributed by atoms with E-state index < -0.39 is 5.97 Å². The minimum Gasteiger partial charge on any atom is -0.550 e. The van der Waals surface area contributed by atoms with E-state index in [1.165, 1.54) is 0 Å². The first-order valence-electron chi connectivity index (χ1n) is 4.89. The Hall–Kier alpha value is -1.71. The molecular weight excluding hydrogens is 192 g/mol. The highest BCUT2D eigenvalue weighted by Gasteiger charge is 1.96. The van der Waals surface area contributed by atoms with Crippen molar-refractivity contribution >= 4 is 17.3 Å². The molecule has 0 aliphatic rings. The van der Waals surface area contributed by atoms with Crippen molar-refractivity contribution in [2.45, 2.75) is 19.8 Å². The Kier molecular flexibility index (Phi) is 3.97. The summed E-state index contributed by atoms with van der Waals surface area (Å²) in [5, 5.41) is 13.3. The van der Waals surface area contributed by atoms with E-state index in [1.807, 2.05) is 25.1 Å². The van der Waals surface area contributed by atoms with Crippen molar-refractivity contribution in [1.29, 1.82) is 0 Å². The molecule has 0 unspecified atom stereocenters.